The Labute approximate surface area is 316 Å². The summed E-state index contributed by atoms with van der Waals surface area (Å²) in [6.45, 7) is 12.5. The fraction of sp³-hybridized carbons (Fsp3) is 0.235. The third-order valence-electron chi connectivity index (χ3n) is 11.9. The lowest BCUT2D eigenvalue weighted by molar-refractivity contribution is -0.399. The van der Waals surface area contributed by atoms with Crippen molar-refractivity contribution < 1.29 is 4.58 Å². The first-order chi connectivity index (χ1) is 25.8. The van der Waals surface area contributed by atoms with Crippen molar-refractivity contribution >= 4 is 38.6 Å². The average molecular weight is 692 g/mol. The van der Waals surface area contributed by atoms with Crippen LogP contribution in [0.3, 0.4) is 0 Å². The summed E-state index contributed by atoms with van der Waals surface area (Å²) in [7, 11) is 2.26. The van der Waals surface area contributed by atoms with Crippen LogP contribution in [0.25, 0.3) is 21.5 Å². The van der Waals surface area contributed by atoms with Crippen molar-refractivity contribution in [1.82, 2.24) is 0 Å². The smallest absolute Gasteiger partial charge is 0.217 e. The third-order valence-corrected chi connectivity index (χ3v) is 11.9. The van der Waals surface area contributed by atoms with Gasteiger partial charge >= 0.3 is 0 Å². The van der Waals surface area contributed by atoms with Gasteiger partial charge in [-0.25, -0.2) is 0 Å². The second-order valence-electron chi connectivity index (χ2n) is 15.8. The molecule has 0 radical (unpaired) electrons. The molecule has 0 saturated carbocycles. The van der Waals surface area contributed by atoms with E-state index in [1.165, 1.54) is 66.6 Å². The molecule has 2 heteroatoms. The van der Waals surface area contributed by atoms with Crippen molar-refractivity contribution in [3.63, 3.8) is 0 Å². The summed E-state index contributed by atoms with van der Waals surface area (Å²) >= 11 is 0. The zero-order chi connectivity index (χ0) is 36.6. The largest absolute Gasteiger partial charge is 0.344 e. The van der Waals surface area contributed by atoms with Crippen LogP contribution >= 0.6 is 0 Å². The Bertz CT molecular complexity index is 2400. The summed E-state index contributed by atoms with van der Waals surface area (Å²) in [5.74, 6) is 0.592. The van der Waals surface area contributed by atoms with Gasteiger partial charge in [-0.15, -0.1) is 6.58 Å². The molecule has 0 aliphatic carbocycles. The lowest BCUT2D eigenvalue weighted by atomic mass is 9.70. The van der Waals surface area contributed by atoms with E-state index >= 15 is 0 Å². The zero-order valence-corrected chi connectivity index (χ0v) is 31.7. The fourth-order valence-electron chi connectivity index (χ4n) is 9.44. The minimum atomic E-state index is -0.278. The molecule has 0 N–H and O–H groups in total. The van der Waals surface area contributed by atoms with Crippen LogP contribution in [0.2, 0.25) is 0 Å². The number of rotatable bonds is 11. The van der Waals surface area contributed by atoms with Crippen molar-refractivity contribution in [2.24, 2.45) is 5.92 Å². The number of hydrogen-bond donors (Lipinski definition) is 0. The monoisotopic (exact) mass is 691 g/mol. The number of anilines is 1. The van der Waals surface area contributed by atoms with Gasteiger partial charge in [0.05, 0.1) is 10.8 Å². The summed E-state index contributed by atoms with van der Waals surface area (Å²) in [5.41, 5.74) is 10.3. The molecule has 0 fully saturated rings. The molecule has 8 rings (SSSR count). The quantitative estimate of drug-likeness (QED) is 0.0968. The molecule has 53 heavy (non-hydrogen) atoms. The average Bonchev–Trinajstić information content (AvgIpc) is 3.55. The van der Waals surface area contributed by atoms with Crippen molar-refractivity contribution in [2.45, 2.75) is 57.3 Å². The SMILES string of the molecule is C=CCC1(Cc2ccccc2)/C(=C\C=C\C2=[N+](C)c3c(ccc4ccccc34)C2(C)Cc2ccccc2)N(CCC(C)C)c2ccc3ccccc3c21. The molecule has 2 aliphatic rings. The van der Waals surface area contributed by atoms with E-state index < -0.39 is 0 Å². The molecule has 0 saturated heterocycles. The maximum Gasteiger partial charge on any atom is 0.217 e. The summed E-state index contributed by atoms with van der Waals surface area (Å²) < 4.78 is 2.46. The van der Waals surface area contributed by atoms with E-state index in [0.717, 1.165) is 32.2 Å². The summed E-state index contributed by atoms with van der Waals surface area (Å²) in [6.07, 6.45) is 13.2. The molecule has 2 nitrogen and oxygen atoms in total. The third kappa shape index (κ3) is 6.05. The van der Waals surface area contributed by atoms with E-state index in [2.05, 4.69) is 202 Å². The molecule has 0 aromatic heterocycles. The summed E-state index contributed by atoms with van der Waals surface area (Å²) in [6, 6.07) is 49.2. The zero-order valence-electron chi connectivity index (χ0n) is 31.7. The Hall–Kier alpha value is -5.47. The first-order valence-electron chi connectivity index (χ1n) is 19.3. The van der Waals surface area contributed by atoms with Gasteiger partial charge in [0, 0.05) is 35.0 Å². The maximum atomic E-state index is 4.38. The fourth-order valence-corrected chi connectivity index (χ4v) is 9.44. The Balaban J connectivity index is 1.33. The van der Waals surface area contributed by atoms with Crippen molar-refractivity contribution in [1.29, 1.82) is 0 Å². The number of fused-ring (bicyclic) bond motifs is 6. The Morgan fingerprint density at radius 2 is 1.32 bits per heavy atom. The minimum absolute atomic E-state index is 0.209. The van der Waals surface area contributed by atoms with Gasteiger partial charge in [-0.05, 0) is 89.6 Å². The van der Waals surface area contributed by atoms with Gasteiger partial charge in [0.25, 0.3) is 0 Å². The number of benzene rings is 6. The van der Waals surface area contributed by atoms with E-state index in [4.69, 9.17) is 0 Å². The summed E-state index contributed by atoms with van der Waals surface area (Å²) in [4.78, 5) is 2.65. The van der Waals surface area contributed by atoms with Crippen molar-refractivity contribution in [2.75, 3.05) is 18.5 Å². The molecule has 6 aromatic carbocycles. The van der Waals surface area contributed by atoms with E-state index in [1.54, 1.807) is 0 Å². The standard InChI is InChI=1S/C51H51N2/c1-6-33-51(36-39-20-11-8-12-21-39)47(53(34-32-37(2)3)45-31-29-40-22-13-15-24-42(40)48(45)51)27-17-26-46-50(4,35-38-18-9-7-10-19-38)44-30-28-41-23-14-16-25-43(41)49(44)52(46)5/h6-31,37H,1,32-36H2,2-5H3/q+1. The molecule has 0 amide bonds. The van der Waals surface area contributed by atoms with Gasteiger partial charge in [-0.3, -0.25) is 0 Å². The second kappa shape index (κ2) is 14.2. The Kier molecular flexibility index (Phi) is 9.25. The van der Waals surface area contributed by atoms with Crippen LogP contribution in [0.1, 0.15) is 55.9 Å². The molecule has 2 atom stereocenters. The van der Waals surface area contributed by atoms with Crippen molar-refractivity contribution in [3.8, 4) is 0 Å². The molecule has 6 aromatic rings. The highest BCUT2D eigenvalue weighted by molar-refractivity contribution is 6.08. The van der Waals surface area contributed by atoms with Crippen LogP contribution in [0.5, 0.6) is 0 Å². The second-order valence-corrected chi connectivity index (χ2v) is 15.8. The first kappa shape index (κ1) is 34.6. The minimum Gasteiger partial charge on any atom is -0.344 e. The molecular formula is C51H51N2+. The molecule has 2 unspecified atom stereocenters. The molecule has 2 heterocycles. The number of allylic oxidation sites excluding steroid dienone is 5. The van der Waals surface area contributed by atoms with Crippen LogP contribution in [0.15, 0.2) is 170 Å². The van der Waals surface area contributed by atoms with E-state index in [1.807, 2.05) is 0 Å². The number of hydrogen-bond acceptors (Lipinski definition) is 1. The van der Waals surface area contributed by atoms with Crippen LogP contribution in [-0.4, -0.2) is 23.9 Å². The molecule has 0 spiro atoms. The van der Waals surface area contributed by atoms with Crippen LogP contribution in [0.4, 0.5) is 11.4 Å². The first-order valence-corrected chi connectivity index (χ1v) is 19.3. The van der Waals surface area contributed by atoms with Crippen molar-refractivity contribution in [3.05, 3.63) is 192 Å². The van der Waals surface area contributed by atoms with E-state index in [9.17, 15) is 0 Å². The normalized spacial score (nSPS) is 20.3. The number of nitrogens with zero attached hydrogens (tertiary/aromatic N) is 2. The Morgan fingerprint density at radius 1 is 0.717 bits per heavy atom. The molecular weight excluding hydrogens is 641 g/mol. The lowest BCUT2D eigenvalue weighted by Crippen LogP contribution is -2.34. The lowest BCUT2D eigenvalue weighted by Gasteiger charge is -2.34. The van der Waals surface area contributed by atoms with Gasteiger partial charge in [0.2, 0.25) is 5.69 Å². The maximum absolute atomic E-state index is 4.38. The van der Waals surface area contributed by atoms with Gasteiger partial charge < -0.3 is 4.90 Å². The van der Waals surface area contributed by atoms with Gasteiger partial charge in [0.1, 0.15) is 7.05 Å². The molecule has 2 aliphatic heterocycles. The highest BCUT2D eigenvalue weighted by Gasteiger charge is 2.49. The van der Waals surface area contributed by atoms with Gasteiger partial charge in [-0.2, -0.15) is 4.58 Å². The van der Waals surface area contributed by atoms with Gasteiger partial charge in [0.15, 0.2) is 5.71 Å². The molecule has 264 valence electrons. The Morgan fingerprint density at radius 3 is 2.00 bits per heavy atom. The van der Waals surface area contributed by atoms with E-state index in [0.29, 0.717) is 5.92 Å². The summed E-state index contributed by atoms with van der Waals surface area (Å²) in [5, 5.41) is 5.21. The predicted octanol–water partition coefficient (Wildman–Crippen LogP) is 12.3. The van der Waals surface area contributed by atoms with Crippen LogP contribution in [0, 0.1) is 5.92 Å². The van der Waals surface area contributed by atoms with Crippen LogP contribution in [-0.2, 0) is 23.7 Å². The van der Waals surface area contributed by atoms with Gasteiger partial charge in [-0.1, -0.05) is 147 Å². The van der Waals surface area contributed by atoms with Crippen LogP contribution < -0.4 is 4.90 Å². The topological polar surface area (TPSA) is 6.25 Å². The predicted molar refractivity (Wildman–Crippen MR) is 227 cm³/mol. The highest BCUT2D eigenvalue weighted by Crippen LogP contribution is 2.55. The highest BCUT2D eigenvalue weighted by atomic mass is 15.2. The van der Waals surface area contributed by atoms with E-state index in [-0.39, 0.29) is 10.8 Å². The molecule has 0 bridgehead atoms.